The quantitative estimate of drug-likeness (QED) is 0.657. The highest BCUT2D eigenvalue weighted by molar-refractivity contribution is 7.16. The number of nitrogens with two attached hydrogens (primary N) is 1. The van der Waals surface area contributed by atoms with Gasteiger partial charge in [0.15, 0.2) is 0 Å². The first-order chi connectivity index (χ1) is 9.10. The summed E-state index contributed by atoms with van der Waals surface area (Å²) in [7, 11) is 4.06. The molecule has 102 valence electrons. The molecule has 19 heavy (non-hydrogen) atoms. The second-order valence-electron chi connectivity index (χ2n) is 4.62. The van der Waals surface area contributed by atoms with Gasteiger partial charge in [-0.2, -0.15) is 0 Å². The molecule has 1 aromatic heterocycles. The molecule has 0 fully saturated rings. The fourth-order valence-electron chi connectivity index (χ4n) is 1.96. The van der Waals surface area contributed by atoms with E-state index in [-0.39, 0.29) is 6.04 Å². The molecule has 3 nitrogen and oxygen atoms in total. The topological polar surface area (TPSA) is 41.3 Å². The van der Waals surface area contributed by atoms with Crippen LogP contribution in [0.15, 0.2) is 36.4 Å². The van der Waals surface area contributed by atoms with Gasteiger partial charge in [-0.05, 0) is 29.8 Å². The number of rotatable bonds is 5. The van der Waals surface area contributed by atoms with Crippen molar-refractivity contribution in [1.29, 1.82) is 0 Å². The fraction of sp³-hybridized carbons (Fsp3) is 0.286. The zero-order chi connectivity index (χ0) is 13.8. The Balaban J connectivity index is 2.19. The minimum atomic E-state index is 0.0922. The molecule has 5 heteroatoms. The summed E-state index contributed by atoms with van der Waals surface area (Å²) in [6.45, 7) is 0. The maximum atomic E-state index is 5.96. The third-order valence-electron chi connectivity index (χ3n) is 3.02. The molecule has 1 atom stereocenters. The van der Waals surface area contributed by atoms with Crippen LogP contribution >= 0.6 is 22.9 Å². The number of hydrogen-bond donors (Lipinski definition) is 2. The van der Waals surface area contributed by atoms with Crippen LogP contribution in [0.5, 0.6) is 0 Å². The van der Waals surface area contributed by atoms with Crippen molar-refractivity contribution in [3.8, 4) is 0 Å². The van der Waals surface area contributed by atoms with Crippen molar-refractivity contribution in [1.82, 2.24) is 5.43 Å². The number of benzene rings is 1. The smallest absolute Gasteiger partial charge is 0.0931 e. The molecule has 0 spiro atoms. The summed E-state index contributed by atoms with van der Waals surface area (Å²) in [6, 6.07) is 12.4. The van der Waals surface area contributed by atoms with Crippen LogP contribution in [0, 0.1) is 0 Å². The molecular weight excluding hydrogens is 278 g/mol. The Kier molecular flexibility index (Phi) is 4.82. The van der Waals surface area contributed by atoms with Crippen molar-refractivity contribution in [2.75, 3.05) is 19.0 Å². The van der Waals surface area contributed by atoms with Gasteiger partial charge < -0.3 is 4.90 Å². The Labute approximate surface area is 123 Å². The van der Waals surface area contributed by atoms with E-state index in [0.29, 0.717) is 0 Å². The zero-order valence-corrected chi connectivity index (χ0v) is 12.6. The largest absolute Gasteiger partial charge is 0.378 e. The van der Waals surface area contributed by atoms with E-state index in [4.69, 9.17) is 17.4 Å². The molecule has 0 saturated carbocycles. The van der Waals surface area contributed by atoms with Crippen LogP contribution in [0.3, 0.4) is 0 Å². The molecule has 1 unspecified atom stereocenters. The molecule has 0 aliphatic heterocycles. The molecule has 1 aromatic carbocycles. The van der Waals surface area contributed by atoms with Crippen LogP contribution < -0.4 is 16.2 Å². The molecule has 0 bridgehead atoms. The Bertz CT molecular complexity index is 539. The van der Waals surface area contributed by atoms with Gasteiger partial charge in [0.1, 0.15) is 0 Å². The summed E-state index contributed by atoms with van der Waals surface area (Å²) < 4.78 is 0.813. The van der Waals surface area contributed by atoms with E-state index in [1.165, 1.54) is 16.1 Å². The maximum absolute atomic E-state index is 5.96. The summed E-state index contributed by atoms with van der Waals surface area (Å²) in [4.78, 5) is 3.31. The predicted molar refractivity (Wildman–Crippen MR) is 83.9 cm³/mol. The third-order valence-corrected chi connectivity index (χ3v) is 4.28. The molecule has 3 N–H and O–H groups in total. The lowest BCUT2D eigenvalue weighted by Gasteiger charge is -2.19. The lowest BCUT2D eigenvalue weighted by molar-refractivity contribution is 0.555. The van der Waals surface area contributed by atoms with Crippen molar-refractivity contribution in [2.45, 2.75) is 12.5 Å². The normalized spacial score (nSPS) is 12.4. The summed E-state index contributed by atoms with van der Waals surface area (Å²) >= 11 is 7.56. The van der Waals surface area contributed by atoms with Crippen LogP contribution in [0.2, 0.25) is 4.34 Å². The van der Waals surface area contributed by atoms with Gasteiger partial charge in [-0.1, -0.05) is 23.7 Å². The lowest BCUT2D eigenvalue weighted by atomic mass is 10.0. The first-order valence-electron chi connectivity index (χ1n) is 6.08. The standard InChI is InChI=1S/C14H18ClN3S/c1-18(2)11-5-3-4-10(8-11)13(17-16)9-12-6-7-14(15)19-12/h3-8,13,17H,9,16H2,1-2H3. The first kappa shape index (κ1) is 14.3. The van der Waals surface area contributed by atoms with Crippen molar-refractivity contribution in [3.05, 3.63) is 51.2 Å². The number of thiophene rings is 1. The molecule has 0 radical (unpaired) electrons. The van der Waals surface area contributed by atoms with Gasteiger partial charge in [-0.15, -0.1) is 11.3 Å². The molecule has 0 aliphatic rings. The van der Waals surface area contributed by atoms with E-state index < -0.39 is 0 Å². The lowest BCUT2D eigenvalue weighted by Crippen LogP contribution is -2.29. The molecular formula is C14H18ClN3S. The van der Waals surface area contributed by atoms with Gasteiger partial charge in [-0.25, -0.2) is 0 Å². The average molecular weight is 296 g/mol. The highest BCUT2D eigenvalue weighted by Crippen LogP contribution is 2.27. The Hall–Kier alpha value is -1.07. The minimum absolute atomic E-state index is 0.0922. The molecule has 2 rings (SSSR count). The number of anilines is 1. The number of nitrogens with one attached hydrogen (secondary N) is 1. The molecule has 2 aromatic rings. The second-order valence-corrected chi connectivity index (χ2v) is 6.42. The van der Waals surface area contributed by atoms with Crippen molar-refractivity contribution < 1.29 is 0 Å². The second kappa shape index (κ2) is 6.39. The Morgan fingerprint density at radius 1 is 1.32 bits per heavy atom. The van der Waals surface area contributed by atoms with Gasteiger partial charge in [-0.3, -0.25) is 11.3 Å². The fourth-order valence-corrected chi connectivity index (χ4v) is 3.09. The Morgan fingerprint density at radius 3 is 2.68 bits per heavy atom. The summed E-state index contributed by atoms with van der Waals surface area (Å²) in [5.41, 5.74) is 5.23. The van der Waals surface area contributed by atoms with Crippen molar-refractivity contribution in [3.63, 3.8) is 0 Å². The van der Waals surface area contributed by atoms with E-state index in [1.807, 2.05) is 26.2 Å². The molecule has 1 heterocycles. The number of hydrazine groups is 1. The van der Waals surface area contributed by atoms with E-state index in [9.17, 15) is 0 Å². The van der Waals surface area contributed by atoms with E-state index >= 15 is 0 Å². The third kappa shape index (κ3) is 3.70. The summed E-state index contributed by atoms with van der Waals surface area (Å²) in [6.07, 6.45) is 0.838. The minimum Gasteiger partial charge on any atom is -0.378 e. The van der Waals surface area contributed by atoms with Crippen LogP contribution in [-0.4, -0.2) is 14.1 Å². The van der Waals surface area contributed by atoms with E-state index in [2.05, 4.69) is 34.6 Å². The van der Waals surface area contributed by atoms with Gasteiger partial charge in [0, 0.05) is 31.1 Å². The number of hydrogen-bond acceptors (Lipinski definition) is 4. The van der Waals surface area contributed by atoms with Gasteiger partial charge in [0.2, 0.25) is 0 Å². The first-order valence-corrected chi connectivity index (χ1v) is 7.27. The van der Waals surface area contributed by atoms with Crippen LogP contribution in [0.25, 0.3) is 0 Å². The summed E-state index contributed by atoms with van der Waals surface area (Å²) in [5.74, 6) is 5.69. The van der Waals surface area contributed by atoms with E-state index in [1.54, 1.807) is 11.3 Å². The van der Waals surface area contributed by atoms with Crippen molar-refractivity contribution >= 4 is 28.6 Å². The molecule has 0 aliphatic carbocycles. The number of nitrogens with zero attached hydrogens (tertiary/aromatic N) is 1. The van der Waals surface area contributed by atoms with Crippen LogP contribution in [0.1, 0.15) is 16.5 Å². The summed E-state index contributed by atoms with van der Waals surface area (Å²) in [5, 5.41) is 0. The zero-order valence-electron chi connectivity index (χ0n) is 11.1. The number of halogens is 1. The predicted octanol–water partition coefficient (Wildman–Crippen LogP) is 3.21. The Morgan fingerprint density at radius 2 is 2.11 bits per heavy atom. The van der Waals surface area contributed by atoms with Crippen LogP contribution in [-0.2, 0) is 6.42 Å². The highest BCUT2D eigenvalue weighted by Gasteiger charge is 2.12. The van der Waals surface area contributed by atoms with Gasteiger partial charge >= 0.3 is 0 Å². The maximum Gasteiger partial charge on any atom is 0.0931 e. The monoisotopic (exact) mass is 295 g/mol. The van der Waals surface area contributed by atoms with Crippen LogP contribution in [0.4, 0.5) is 5.69 Å². The molecule has 0 amide bonds. The average Bonchev–Trinajstić information content (AvgIpc) is 2.81. The van der Waals surface area contributed by atoms with Gasteiger partial charge in [0.25, 0.3) is 0 Å². The van der Waals surface area contributed by atoms with Crippen molar-refractivity contribution in [2.24, 2.45) is 5.84 Å². The van der Waals surface area contributed by atoms with Gasteiger partial charge in [0.05, 0.1) is 10.4 Å². The van der Waals surface area contributed by atoms with E-state index in [0.717, 1.165) is 10.8 Å². The highest BCUT2D eigenvalue weighted by atomic mass is 35.5. The SMILES string of the molecule is CN(C)c1cccc(C(Cc2ccc(Cl)s2)NN)c1. The molecule has 0 saturated heterocycles.